The molecule has 27 heavy (non-hydrogen) atoms. The zero-order valence-electron chi connectivity index (χ0n) is 16.7. The van der Waals surface area contributed by atoms with Crippen molar-refractivity contribution in [2.45, 2.75) is 25.8 Å². The molecule has 0 bridgehead atoms. The van der Waals surface area contributed by atoms with Gasteiger partial charge in [0.05, 0.1) is 0 Å². The minimum atomic E-state index is 0.00723. The largest absolute Gasteiger partial charge is 0.298 e. The number of rotatable bonds is 7. The van der Waals surface area contributed by atoms with Gasteiger partial charge in [-0.1, -0.05) is 105 Å². The van der Waals surface area contributed by atoms with Crippen LogP contribution in [0.3, 0.4) is 0 Å². The maximum Gasteiger partial charge on any atom is 0.0234 e. The van der Waals surface area contributed by atoms with Crippen LogP contribution in [0.15, 0.2) is 91.5 Å². The van der Waals surface area contributed by atoms with Crippen LogP contribution >= 0.6 is 0 Å². The highest BCUT2D eigenvalue weighted by Gasteiger charge is 2.22. The van der Waals surface area contributed by atoms with E-state index in [1.807, 2.05) is 6.07 Å². The molecule has 3 rings (SSSR count). The van der Waals surface area contributed by atoms with Crippen LogP contribution < -0.4 is 0 Å². The van der Waals surface area contributed by atoms with Crippen LogP contribution in [-0.2, 0) is 12.0 Å². The zero-order chi connectivity index (χ0) is 19.3. The van der Waals surface area contributed by atoms with E-state index in [0.29, 0.717) is 0 Å². The van der Waals surface area contributed by atoms with E-state index in [-0.39, 0.29) is 5.41 Å². The Balaban J connectivity index is 1.64. The fourth-order valence-electron chi connectivity index (χ4n) is 3.51. The van der Waals surface area contributed by atoms with Gasteiger partial charge >= 0.3 is 0 Å². The van der Waals surface area contributed by atoms with Gasteiger partial charge in [-0.2, -0.15) is 0 Å². The Labute approximate surface area is 164 Å². The molecule has 0 aliphatic heterocycles. The van der Waals surface area contributed by atoms with Crippen molar-refractivity contribution in [2.75, 3.05) is 13.6 Å². The molecule has 0 saturated heterocycles. The Morgan fingerprint density at radius 1 is 0.778 bits per heavy atom. The molecule has 0 amide bonds. The predicted octanol–water partition coefficient (Wildman–Crippen LogP) is 6.16. The standard InChI is InChI=1S/C26H29N/c1-21(23-11-7-5-8-12-23)19-27(4)20-22-15-17-25(18-16-22)26(2,3)24-13-9-6-10-14-24/h5-18H,1,19-20H2,2-4H3. The van der Waals surface area contributed by atoms with Gasteiger partial charge in [0.25, 0.3) is 0 Å². The van der Waals surface area contributed by atoms with Crippen LogP contribution in [0.4, 0.5) is 0 Å². The average molecular weight is 356 g/mol. The Morgan fingerprint density at radius 2 is 1.30 bits per heavy atom. The minimum absolute atomic E-state index is 0.00723. The molecule has 0 unspecified atom stereocenters. The van der Waals surface area contributed by atoms with E-state index >= 15 is 0 Å². The number of likely N-dealkylation sites (N-methyl/N-ethyl adjacent to an activating group) is 1. The summed E-state index contributed by atoms with van der Waals surface area (Å²) in [5, 5.41) is 0. The van der Waals surface area contributed by atoms with Gasteiger partial charge in [-0.15, -0.1) is 0 Å². The van der Waals surface area contributed by atoms with E-state index in [2.05, 4.69) is 111 Å². The monoisotopic (exact) mass is 355 g/mol. The summed E-state index contributed by atoms with van der Waals surface area (Å²) in [6.45, 7) is 10.6. The smallest absolute Gasteiger partial charge is 0.0234 e. The summed E-state index contributed by atoms with van der Waals surface area (Å²) < 4.78 is 0. The first kappa shape index (κ1) is 19.1. The lowest BCUT2D eigenvalue weighted by molar-refractivity contribution is 0.369. The molecule has 0 aliphatic rings. The third-order valence-electron chi connectivity index (χ3n) is 5.27. The molecule has 0 atom stereocenters. The number of hydrogen-bond acceptors (Lipinski definition) is 1. The second-order valence-electron chi connectivity index (χ2n) is 7.83. The molecule has 0 saturated carbocycles. The van der Waals surface area contributed by atoms with Crippen LogP contribution in [0.5, 0.6) is 0 Å². The second kappa shape index (κ2) is 8.37. The molecule has 0 N–H and O–H groups in total. The maximum atomic E-state index is 4.24. The first-order chi connectivity index (χ1) is 13.0. The topological polar surface area (TPSA) is 3.24 Å². The summed E-state index contributed by atoms with van der Waals surface area (Å²) >= 11 is 0. The van der Waals surface area contributed by atoms with Crippen LogP contribution in [0.25, 0.3) is 5.57 Å². The van der Waals surface area contributed by atoms with Gasteiger partial charge in [-0.3, -0.25) is 4.90 Å². The predicted molar refractivity (Wildman–Crippen MR) is 117 cm³/mol. The maximum absolute atomic E-state index is 4.24. The van der Waals surface area contributed by atoms with Crippen LogP contribution in [0, 0.1) is 0 Å². The van der Waals surface area contributed by atoms with E-state index in [0.717, 1.165) is 18.7 Å². The van der Waals surface area contributed by atoms with Crippen molar-refractivity contribution in [3.63, 3.8) is 0 Å². The summed E-state index contributed by atoms with van der Waals surface area (Å²) in [4.78, 5) is 2.31. The van der Waals surface area contributed by atoms with Crippen LogP contribution in [0.1, 0.15) is 36.1 Å². The highest BCUT2D eigenvalue weighted by molar-refractivity contribution is 5.64. The lowest BCUT2D eigenvalue weighted by Gasteiger charge is -2.26. The van der Waals surface area contributed by atoms with Crippen molar-refractivity contribution >= 4 is 5.57 Å². The summed E-state index contributed by atoms with van der Waals surface area (Å²) in [6, 6.07) is 30.2. The van der Waals surface area contributed by atoms with Crippen molar-refractivity contribution in [2.24, 2.45) is 0 Å². The van der Waals surface area contributed by atoms with Crippen molar-refractivity contribution in [1.82, 2.24) is 4.90 Å². The van der Waals surface area contributed by atoms with Crippen molar-refractivity contribution < 1.29 is 0 Å². The van der Waals surface area contributed by atoms with Gasteiger partial charge in [0.2, 0.25) is 0 Å². The Bertz CT molecular complexity index is 861. The van der Waals surface area contributed by atoms with E-state index < -0.39 is 0 Å². The van der Waals surface area contributed by atoms with Crippen molar-refractivity contribution in [1.29, 1.82) is 0 Å². The van der Waals surface area contributed by atoms with Gasteiger partial charge in [0.1, 0.15) is 0 Å². The molecular weight excluding hydrogens is 326 g/mol. The van der Waals surface area contributed by atoms with Gasteiger partial charge in [-0.25, -0.2) is 0 Å². The lowest BCUT2D eigenvalue weighted by Crippen LogP contribution is -2.21. The molecular formula is C26H29N. The molecule has 1 heteroatoms. The molecule has 1 nitrogen and oxygen atoms in total. The Kier molecular flexibility index (Phi) is 5.93. The SMILES string of the molecule is C=C(CN(C)Cc1ccc(C(C)(C)c2ccccc2)cc1)c1ccccc1. The van der Waals surface area contributed by atoms with Gasteiger partial charge < -0.3 is 0 Å². The van der Waals surface area contributed by atoms with Gasteiger partial charge in [-0.05, 0) is 34.9 Å². The fraction of sp³-hybridized carbons (Fsp3) is 0.231. The van der Waals surface area contributed by atoms with E-state index in [1.165, 1.54) is 22.3 Å². The molecule has 0 aromatic heterocycles. The number of benzene rings is 3. The molecule has 3 aromatic rings. The molecule has 0 heterocycles. The third-order valence-corrected chi connectivity index (χ3v) is 5.27. The summed E-state index contributed by atoms with van der Waals surface area (Å²) in [5.74, 6) is 0. The van der Waals surface area contributed by atoms with E-state index in [1.54, 1.807) is 0 Å². The second-order valence-corrected chi connectivity index (χ2v) is 7.83. The van der Waals surface area contributed by atoms with Gasteiger partial charge in [0.15, 0.2) is 0 Å². The first-order valence-electron chi connectivity index (χ1n) is 9.53. The molecule has 3 aromatic carbocycles. The van der Waals surface area contributed by atoms with Gasteiger partial charge in [0, 0.05) is 18.5 Å². The first-order valence-corrected chi connectivity index (χ1v) is 9.53. The molecule has 0 fully saturated rings. The minimum Gasteiger partial charge on any atom is -0.298 e. The highest BCUT2D eigenvalue weighted by Crippen LogP contribution is 2.31. The highest BCUT2D eigenvalue weighted by atomic mass is 15.1. The normalized spacial score (nSPS) is 11.6. The Hall–Kier alpha value is -2.64. The number of hydrogen-bond donors (Lipinski definition) is 0. The zero-order valence-corrected chi connectivity index (χ0v) is 16.7. The lowest BCUT2D eigenvalue weighted by atomic mass is 9.78. The fourth-order valence-corrected chi connectivity index (χ4v) is 3.51. The van der Waals surface area contributed by atoms with Crippen LogP contribution in [0.2, 0.25) is 0 Å². The number of nitrogens with zero attached hydrogens (tertiary/aromatic N) is 1. The average Bonchev–Trinajstić information content (AvgIpc) is 2.69. The summed E-state index contributed by atoms with van der Waals surface area (Å²) in [6.07, 6.45) is 0. The van der Waals surface area contributed by atoms with E-state index in [4.69, 9.17) is 0 Å². The quantitative estimate of drug-likeness (QED) is 0.491. The molecule has 0 radical (unpaired) electrons. The van der Waals surface area contributed by atoms with Crippen molar-refractivity contribution in [3.8, 4) is 0 Å². The third kappa shape index (κ3) is 4.75. The van der Waals surface area contributed by atoms with Crippen molar-refractivity contribution in [3.05, 3.63) is 114 Å². The molecule has 0 aliphatic carbocycles. The summed E-state index contributed by atoms with van der Waals surface area (Å²) in [5.41, 5.74) is 6.38. The Morgan fingerprint density at radius 3 is 1.89 bits per heavy atom. The van der Waals surface area contributed by atoms with E-state index in [9.17, 15) is 0 Å². The molecule has 138 valence electrons. The molecule has 0 spiro atoms. The summed E-state index contributed by atoms with van der Waals surface area (Å²) in [7, 11) is 2.15. The van der Waals surface area contributed by atoms with Crippen LogP contribution in [-0.4, -0.2) is 18.5 Å².